The topological polar surface area (TPSA) is 121 Å². The first-order chi connectivity index (χ1) is 18.1. The predicted octanol–water partition coefficient (Wildman–Crippen LogP) is 3.66. The number of likely N-dealkylation sites (N-methyl/N-ethyl adjacent to an activating group) is 1. The van der Waals surface area contributed by atoms with Crippen LogP contribution in [0.5, 0.6) is 5.75 Å². The van der Waals surface area contributed by atoms with Gasteiger partial charge in [-0.25, -0.2) is 9.78 Å². The van der Waals surface area contributed by atoms with Gasteiger partial charge in [-0.05, 0) is 49.8 Å². The minimum absolute atomic E-state index is 0.0552. The van der Waals surface area contributed by atoms with E-state index in [4.69, 9.17) is 4.74 Å². The van der Waals surface area contributed by atoms with E-state index in [1.165, 1.54) is 29.9 Å². The highest BCUT2D eigenvalue weighted by Gasteiger charge is 2.23. The maximum atomic E-state index is 13.2. The molecule has 3 aromatic rings. The number of hydrogen-bond donors (Lipinski definition) is 4. The quantitative estimate of drug-likeness (QED) is 0.303. The van der Waals surface area contributed by atoms with E-state index in [0.29, 0.717) is 23.0 Å². The summed E-state index contributed by atoms with van der Waals surface area (Å²) in [5.74, 6) is 0.850. The Bertz CT molecular complexity index is 1180. The first-order valence-electron chi connectivity index (χ1n) is 12.5. The van der Waals surface area contributed by atoms with Crippen molar-refractivity contribution in [3.8, 4) is 16.2 Å². The van der Waals surface area contributed by atoms with E-state index in [-0.39, 0.29) is 11.9 Å². The van der Waals surface area contributed by atoms with E-state index >= 15 is 0 Å². The number of ether oxygens (including phenoxy) is 1. The zero-order valence-electron chi connectivity index (χ0n) is 21.1. The van der Waals surface area contributed by atoms with Crippen LogP contribution in [0.15, 0.2) is 48.9 Å². The Morgan fingerprint density at radius 2 is 2.05 bits per heavy atom. The number of nitrogens with zero attached hydrogens (tertiary/aromatic N) is 3. The van der Waals surface area contributed by atoms with E-state index in [0.717, 1.165) is 55.3 Å². The normalized spacial score (nSPS) is 14.9. The fourth-order valence-electron chi connectivity index (χ4n) is 4.02. The predicted molar refractivity (Wildman–Crippen MR) is 146 cm³/mol. The summed E-state index contributed by atoms with van der Waals surface area (Å²) in [5, 5.41) is 12.2. The summed E-state index contributed by atoms with van der Waals surface area (Å²) in [6, 6.07) is 9.15. The third-order valence-electron chi connectivity index (χ3n) is 6.09. The van der Waals surface area contributed by atoms with Crippen LogP contribution in [0, 0.1) is 0 Å². The summed E-state index contributed by atoms with van der Waals surface area (Å²) in [6.45, 7) is 9.28. The molecule has 1 aliphatic heterocycles. The van der Waals surface area contributed by atoms with Crippen LogP contribution < -0.4 is 26.0 Å². The molecule has 1 aliphatic rings. The van der Waals surface area contributed by atoms with Crippen LogP contribution in [0.3, 0.4) is 0 Å². The van der Waals surface area contributed by atoms with Gasteiger partial charge in [-0.15, -0.1) is 11.3 Å². The Kier molecular flexibility index (Phi) is 9.41. The molecule has 10 nitrogen and oxygen atoms in total. The molecule has 1 atom stereocenters. The summed E-state index contributed by atoms with van der Waals surface area (Å²) in [6.07, 6.45) is 5.33. The van der Waals surface area contributed by atoms with Gasteiger partial charge in [0.25, 0.3) is 5.91 Å². The molecule has 3 heterocycles. The first-order valence-corrected chi connectivity index (χ1v) is 13.3. The van der Waals surface area contributed by atoms with Gasteiger partial charge in [0.15, 0.2) is 5.82 Å². The Balaban J connectivity index is 1.52. The zero-order valence-corrected chi connectivity index (χ0v) is 21.9. The van der Waals surface area contributed by atoms with Crippen LogP contribution >= 0.6 is 11.3 Å². The van der Waals surface area contributed by atoms with Gasteiger partial charge in [-0.2, -0.15) is 0 Å². The van der Waals surface area contributed by atoms with Gasteiger partial charge in [-0.1, -0.05) is 26.0 Å². The number of thiophene rings is 1. The number of amides is 3. The van der Waals surface area contributed by atoms with Crippen molar-refractivity contribution in [2.45, 2.75) is 26.3 Å². The second-order valence-corrected chi connectivity index (χ2v) is 9.64. The number of urea groups is 1. The SMILES string of the molecule is CCN(CC)CCOc1cccc(-c2cc(C(=O)N[C@H]3CCNC3)c(NC(=O)Nc3cnccn3)s2)c1. The number of anilines is 2. The van der Waals surface area contributed by atoms with E-state index < -0.39 is 6.03 Å². The van der Waals surface area contributed by atoms with E-state index in [2.05, 4.69) is 50.0 Å². The lowest BCUT2D eigenvalue weighted by molar-refractivity contribution is 0.0941. The Labute approximate surface area is 220 Å². The van der Waals surface area contributed by atoms with Crippen LogP contribution in [0.25, 0.3) is 10.4 Å². The number of hydrogen-bond acceptors (Lipinski definition) is 8. The average molecular weight is 524 g/mol. The lowest BCUT2D eigenvalue weighted by Gasteiger charge is -2.18. The number of aromatic nitrogens is 2. The van der Waals surface area contributed by atoms with Gasteiger partial charge >= 0.3 is 6.03 Å². The molecule has 1 aromatic carbocycles. The van der Waals surface area contributed by atoms with Crippen LogP contribution in [0.1, 0.15) is 30.6 Å². The standard InChI is InChI=1S/C26H33N7O3S/c1-3-33(4-2)12-13-36-20-7-5-6-18(14-20)22-15-21(24(34)30-19-8-9-27-16-19)25(37-22)32-26(35)31-23-17-28-10-11-29-23/h5-7,10-11,14-15,17,19,27H,3-4,8-9,12-13,16H2,1-2H3,(H,30,34)(H2,29,31,32,35)/t19-/m0/s1. The molecule has 2 aromatic heterocycles. The molecule has 0 spiro atoms. The minimum Gasteiger partial charge on any atom is -0.492 e. The molecule has 11 heteroatoms. The molecular formula is C26H33N7O3S. The molecular weight excluding hydrogens is 490 g/mol. The van der Waals surface area contributed by atoms with Crippen molar-refractivity contribution in [3.05, 3.63) is 54.5 Å². The number of nitrogens with one attached hydrogen (secondary N) is 4. The summed E-state index contributed by atoms with van der Waals surface area (Å²) < 4.78 is 5.99. The van der Waals surface area contributed by atoms with E-state index in [1.54, 1.807) is 0 Å². The monoisotopic (exact) mass is 523 g/mol. The molecule has 0 saturated carbocycles. The maximum absolute atomic E-state index is 13.2. The first kappa shape index (κ1) is 26.5. The molecule has 1 fully saturated rings. The molecule has 0 unspecified atom stereocenters. The number of rotatable bonds is 11. The third kappa shape index (κ3) is 7.48. The maximum Gasteiger partial charge on any atom is 0.325 e. The van der Waals surface area contributed by atoms with Crippen LogP contribution in [-0.4, -0.2) is 72.2 Å². The molecule has 37 heavy (non-hydrogen) atoms. The summed E-state index contributed by atoms with van der Waals surface area (Å²) in [5.41, 5.74) is 1.32. The molecule has 1 saturated heterocycles. The summed E-state index contributed by atoms with van der Waals surface area (Å²) in [7, 11) is 0. The van der Waals surface area contributed by atoms with Crippen molar-refractivity contribution in [3.63, 3.8) is 0 Å². The van der Waals surface area contributed by atoms with Crippen molar-refractivity contribution in [2.75, 3.05) is 50.0 Å². The fraction of sp³-hybridized carbons (Fsp3) is 0.385. The van der Waals surface area contributed by atoms with E-state index in [1.807, 2.05) is 30.3 Å². The highest BCUT2D eigenvalue weighted by Crippen LogP contribution is 2.37. The molecule has 3 amide bonds. The van der Waals surface area contributed by atoms with Gasteiger partial charge in [0.2, 0.25) is 0 Å². The highest BCUT2D eigenvalue weighted by molar-refractivity contribution is 7.20. The Hall–Kier alpha value is -3.54. The van der Waals surface area contributed by atoms with Gasteiger partial charge in [0.05, 0.1) is 11.8 Å². The largest absolute Gasteiger partial charge is 0.492 e. The van der Waals surface area contributed by atoms with E-state index in [9.17, 15) is 9.59 Å². The molecule has 0 aliphatic carbocycles. The van der Waals surface area contributed by atoms with Crippen LogP contribution in [-0.2, 0) is 0 Å². The highest BCUT2D eigenvalue weighted by atomic mass is 32.1. The Morgan fingerprint density at radius 1 is 1.19 bits per heavy atom. The van der Waals surface area contributed by atoms with Gasteiger partial charge < -0.3 is 20.3 Å². The van der Waals surface area contributed by atoms with Crippen LogP contribution in [0.2, 0.25) is 0 Å². The zero-order chi connectivity index (χ0) is 26.0. The van der Waals surface area contributed by atoms with Crippen molar-refractivity contribution in [2.24, 2.45) is 0 Å². The van der Waals surface area contributed by atoms with Crippen molar-refractivity contribution >= 4 is 34.1 Å². The van der Waals surface area contributed by atoms with Crippen molar-refractivity contribution in [1.82, 2.24) is 25.5 Å². The average Bonchev–Trinajstić information content (AvgIpc) is 3.57. The Morgan fingerprint density at radius 3 is 2.78 bits per heavy atom. The molecule has 0 bridgehead atoms. The third-order valence-corrected chi connectivity index (χ3v) is 7.19. The molecule has 196 valence electrons. The lowest BCUT2D eigenvalue weighted by Crippen LogP contribution is -2.36. The van der Waals surface area contributed by atoms with Crippen molar-refractivity contribution < 1.29 is 14.3 Å². The van der Waals surface area contributed by atoms with Gasteiger partial charge in [0.1, 0.15) is 17.4 Å². The molecule has 4 N–H and O–H groups in total. The minimum atomic E-state index is -0.501. The lowest BCUT2D eigenvalue weighted by atomic mass is 10.1. The molecule has 0 radical (unpaired) electrons. The number of carbonyl (C=O) groups is 2. The summed E-state index contributed by atoms with van der Waals surface area (Å²) >= 11 is 1.33. The fourth-order valence-corrected chi connectivity index (χ4v) is 5.07. The second kappa shape index (κ2) is 13.1. The second-order valence-electron chi connectivity index (χ2n) is 8.59. The summed E-state index contributed by atoms with van der Waals surface area (Å²) in [4.78, 5) is 37.0. The molecule has 4 rings (SSSR count). The smallest absolute Gasteiger partial charge is 0.325 e. The van der Waals surface area contributed by atoms with Gasteiger partial charge in [-0.3, -0.25) is 20.4 Å². The van der Waals surface area contributed by atoms with Crippen molar-refractivity contribution in [1.29, 1.82) is 0 Å². The van der Waals surface area contributed by atoms with Crippen LogP contribution in [0.4, 0.5) is 15.6 Å². The number of benzene rings is 1. The van der Waals surface area contributed by atoms with Gasteiger partial charge in [0, 0.05) is 36.4 Å². The number of carbonyl (C=O) groups excluding carboxylic acids is 2.